The predicted molar refractivity (Wildman–Crippen MR) is 71.6 cm³/mol. The first-order valence-electron chi connectivity index (χ1n) is 7.65. The second-order valence-corrected chi connectivity index (χ2v) is 5.57. The molecule has 1 spiro atoms. The maximum Gasteiger partial charge on any atom is 0.306 e. The van der Waals surface area contributed by atoms with Crippen LogP contribution in [-0.2, 0) is 19.0 Å². The molecule has 1 saturated heterocycles. The summed E-state index contributed by atoms with van der Waals surface area (Å²) in [5.41, 5.74) is 0. The zero-order chi connectivity index (χ0) is 13.7. The summed E-state index contributed by atoms with van der Waals surface area (Å²) in [6.07, 6.45) is 5.85. The van der Waals surface area contributed by atoms with Crippen molar-refractivity contribution in [1.82, 2.24) is 0 Å². The van der Waals surface area contributed by atoms with Crippen LogP contribution in [0.3, 0.4) is 0 Å². The van der Waals surface area contributed by atoms with Crippen molar-refractivity contribution in [3.05, 3.63) is 0 Å². The van der Waals surface area contributed by atoms with E-state index in [0.717, 1.165) is 19.3 Å². The Balaban J connectivity index is 1.99. The summed E-state index contributed by atoms with van der Waals surface area (Å²) in [5, 5.41) is 0. The van der Waals surface area contributed by atoms with Gasteiger partial charge in [0.25, 0.3) is 0 Å². The zero-order valence-corrected chi connectivity index (χ0v) is 12.2. The molecule has 0 amide bonds. The van der Waals surface area contributed by atoms with Gasteiger partial charge in [-0.1, -0.05) is 19.8 Å². The lowest BCUT2D eigenvalue weighted by atomic mass is 9.86. The van der Waals surface area contributed by atoms with Crippen molar-refractivity contribution < 1.29 is 19.0 Å². The van der Waals surface area contributed by atoms with Crippen LogP contribution in [0.5, 0.6) is 0 Å². The summed E-state index contributed by atoms with van der Waals surface area (Å²) >= 11 is 0. The van der Waals surface area contributed by atoms with Gasteiger partial charge < -0.3 is 14.2 Å². The molecular formula is C15H26O4. The van der Waals surface area contributed by atoms with Crippen LogP contribution in [0.25, 0.3) is 0 Å². The molecule has 0 bridgehead atoms. The van der Waals surface area contributed by atoms with Crippen molar-refractivity contribution in [3.8, 4) is 0 Å². The summed E-state index contributed by atoms with van der Waals surface area (Å²) in [6.45, 7) is 5.89. The van der Waals surface area contributed by atoms with E-state index in [2.05, 4.69) is 6.92 Å². The average molecular weight is 270 g/mol. The third-order valence-electron chi connectivity index (χ3n) is 4.38. The quantitative estimate of drug-likeness (QED) is 0.696. The molecule has 110 valence electrons. The fourth-order valence-corrected chi connectivity index (χ4v) is 3.52. The average Bonchev–Trinajstić information content (AvgIpc) is 2.98. The summed E-state index contributed by atoms with van der Waals surface area (Å²) < 4.78 is 16.9. The largest absolute Gasteiger partial charge is 0.466 e. The Kier molecular flexibility index (Phi) is 5.22. The fraction of sp³-hybridized carbons (Fsp3) is 0.933. The Morgan fingerprint density at radius 1 is 1.32 bits per heavy atom. The number of unbranched alkanes of at least 4 members (excludes halogenated alkanes) is 1. The Hall–Kier alpha value is -0.610. The third kappa shape index (κ3) is 3.29. The van der Waals surface area contributed by atoms with Crippen LogP contribution >= 0.6 is 0 Å². The van der Waals surface area contributed by atoms with Gasteiger partial charge in [-0.05, 0) is 25.7 Å². The Morgan fingerprint density at radius 2 is 2.05 bits per heavy atom. The molecule has 1 heterocycles. The van der Waals surface area contributed by atoms with Crippen molar-refractivity contribution in [2.45, 2.75) is 58.2 Å². The van der Waals surface area contributed by atoms with Crippen molar-refractivity contribution >= 4 is 5.97 Å². The topological polar surface area (TPSA) is 44.8 Å². The van der Waals surface area contributed by atoms with Gasteiger partial charge in [0.1, 0.15) is 0 Å². The van der Waals surface area contributed by atoms with E-state index in [1.54, 1.807) is 0 Å². The highest BCUT2D eigenvalue weighted by atomic mass is 16.7. The van der Waals surface area contributed by atoms with Crippen LogP contribution in [0.1, 0.15) is 52.4 Å². The SMILES string of the molecule is CCCCC1C(CC(=O)OCC)CCC12OCCO2. The Morgan fingerprint density at radius 3 is 2.68 bits per heavy atom. The number of ether oxygens (including phenoxy) is 3. The number of carbonyl (C=O) groups is 1. The lowest BCUT2D eigenvalue weighted by Gasteiger charge is -2.32. The van der Waals surface area contributed by atoms with Crippen molar-refractivity contribution in [2.75, 3.05) is 19.8 Å². The molecule has 4 heteroatoms. The van der Waals surface area contributed by atoms with Crippen LogP contribution in [0.2, 0.25) is 0 Å². The molecule has 0 radical (unpaired) electrons. The molecule has 0 aromatic heterocycles. The van der Waals surface area contributed by atoms with Gasteiger partial charge in [0.15, 0.2) is 5.79 Å². The van der Waals surface area contributed by atoms with Crippen LogP contribution in [-0.4, -0.2) is 31.6 Å². The number of esters is 1. The van der Waals surface area contributed by atoms with E-state index in [4.69, 9.17) is 14.2 Å². The fourth-order valence-electron chi connectivity index (χ4n) is 3.52. The highest BCUT2D eigenvalue weighted by Gasteiger charge is 2.52. The van der Waals surface area contributed by atoms with E-state index in [-0.39, 0.29) is 5.97 Å². The molecule has 2 atom stereocenters. The molecule has 4 nitrogen and oxygen atoms in total. The van der Waals surface area contributed by atoms with E-state index >= 15 is 0 Å². The summed E-state index contributed by atoms with van der Waals surface area (Å²) in [5.74, 6) is 0.221. The highest BCUT2D eigenvalue weighted by molar-refractivity contribution is 5.69. The van der Waals surface area contributed by atoms with E-state index < -0.39 is 5.79 Å². The summed E-state index contributed by atoms with van der Waals surface area (Å²) in [4.78, 5) is 11.7. The van der Waals surface area contributed by atoms with Gasteiger partial charge in [0, 0.05) is 18.8 Å². The first-order chi connectivity index (χ1) is 9.22. The molecule has 2 rings (SSSR count). The van der Waals surface area contributed by atoms with Gasteiger partial charge in [-0.25, -0.2) is 0 Å². The molecule has 1 aliphatic carbocycles. The normalized spacial score (nSPS) is 28.9. The highest BCUT2D eigenvalue weighted by Crippen LogP contribution is 2.49. The maximum atomic E-state index is 11.7. The maximum absolute atomic E-state index is 11.7. The van der Waals surface area contributed by atoms with Gasteiger partial charge >= 0.3 is 5.97 Å². The van der Waals surface area contributed by atoms with Crippen LogP contribution in [0.4, 0.5) is 0 Å². The molecule has 19 heavy (non-hydrogen) atoms. The van der Waals surface area contributed by atoms with E-state index in [1.165, 1.54) is 12.8 Å². The van der Waals surface area contributed by atoms with Gasteiger partial charge in [-0.15, -0.1) is 0 Å². The van der Waals surface area contributed by atoms with E-state index in [1.807, 2.05) is 6.92 Å². The number of hydrogen-bond acceptors (Lipinski definition) is 4. The van der Waals surface area contributed by atoms with Gasteiger partial charge in [-0.3, -0.25) is 4.79 Å². The minimum atomic E-state index is -0.396. The van der Waals surface area contributed by atoms with Crippen LogP contribution in [0, 0.1) is 11.8 Å². The molecule has 2 aliphatic rings. The predicted octanol–water partition coefficient (Wildman–Crippen LogP) is 2.90. The summed E-state index contributed by atoms with van der Waals surface area (Å²) in [6, 6.07) is 0. The Labute approximate surface area is 115 Å². The van der Waals surface area contributed by atoms with Crippen molar-refractivity contribution in [3.63, 3.8) is 0 Å². The van der Waals surface area contributed by atoms with Crippen molar-refractivity contribution in [2.24, 2.45) is 11.8 Å². The van der Waals surface area contributed by atoms with E-state index in [0.29, 0.717) is 38.1 Å². The molecule has 0 aromatic carbocycles. The van der Waals surface area contributed by atoms with Gasteiger partial charge in [-0.2, -0.15) is 0 Å². The monoisotopic (exact) mass is 270 g/mol. The van der Waals surface area contributed by atoms with Crippen LogP contribution in [0.15, 0.2) is 0 Å². The molecule has 1 aliphatic heterocycles. The Bertz CT molecular complexity index is 297. The standard InChI is InChI=1S/C15H26O4/c1-3-5-6-13-12(11-14(16)17-4-2)7-8-15(13)18-9-10-19-15/h12-13H,3-11H2,1-2H3. The third-order valence-corrected chi connectivity index (χ3v) is 4.38. The molecule has 0 aromatic rings. The molecule has 2 unspecified atom stereocenters. The smallest absolute Gasteiger partial charge is 0.306 e. The van der Waals surface area contributed by atoms with Crippen molar-refractivity contribution in [1.29, 1.82) is 0 Å². The second kappa shape index (κ2) is 6.71. The molecule has 2 fully saturated rings. The second-order valence-electron chi connectivity index (χ2n) is 5.57. The molecule has 1 saturated carbocycles. The first kappa shape index (κ1) is 14.8. The van der Waals surface area contributed by atoms with Crippen LogP contribution < -0.4 is 0 Å². The first-order valence-corrected chi connectivity index (χ1v) is 7.65. The molecular weight excluding hydrogens is 244 g/mol. The number of rotatable bonds is 6. The lowest BCUT2D eigenvalue weighted by molar-refractivity contribution is -0.188. The minimum absolute atomic E-state index is 0.0796. The van der Waals surface area contributed by atoms with Gasteiger partial charge in [0.05, 0.1) is 19.8 Å². The minimum Gasteiger partial charge on any atom is -0.466 e. The van der Waals surface area contributed by atoms with E-state index in [9.17, 15) is 4.79 Å². The molecule has 0 N–H and O–H groups in total. The number of hydrogen-bond donors (Lipinski definition) is 0. The number of carbonyl (C=O) groups excluding carboxylic acids is 1. The summed E-state index contributed by atoms with van der Waals surface area (Å²) in [7, 11) is 0. The van der Waals surface area contributed by atoms with Gasteiger partial charge in [0.2, 0.25) is 0 Å². The zero-order valence-electron chi connectivity index (χ0n) is 12.2. The lowest BCUT2D eigenvalue weighted by Crippen LogP contribution is -2.37.